The summed E-state index contributed by atoms with van der Waals surface area (Å²) in [5.41, 5.74) is 1.66. The first kappa shape index (κ1) is 19.0. The highest BCUT2D eigenvalue weighted by molar-refractivity contribution is 5.30. The van der Waals surface area contributed by atoms with Crippen molar-refractivity contribution >= 4 is 0 Å². The molecule has 1 aromatic carbocycles. The largest absolute Gasteiger partial charge is 0.465 e. The van der Waals surface area contributed by atoms with E-state index in [0.717, 1.165) is 5.75 Å². The topological polar surface area (TPSA) is 18.5 Å². The smallest absolute Gasteiger partial charge is 0.201 e. The molecule has 0 spiro atoms. The zero-order chi connectivity index (χ0) is 16.9. The van der Waals surface area contributed by atoms with E-state index in [0.29, 0.717) is 17.8 Å². The Morgan fingerprint density at radius 1 is 0.955 bits per heavy atom. The molecule has 2 nitrogen and oxygen atoms in total. The number of methoxy groups -OCH3 is 1. The molecule has 0 aromatic heterocycles. The molecule has 0 radical (unpaired) electrons. The van der Waals surface area contributed by atoms with Gasteiger partial charge >= 0.3 is 0 Å². The minimum Gasteiger partial charge on any atom is -0.465 e. The van der Waals surface area contributed by atoms with Crippen LogP contribution in [-0.4, -0.2) is 13.4 Å². The molecule has 22 heavy (non-hydrogen) atoms. The van der Waals surface area contributed by atoms with Gasteiger partial charge in [-0.2, -0.15) is 0 Å². The molecule has 2 atom stereocenters. The van der Waals surface area contributed by atoms with E-state index in [4.69, 9.17) is 9.47 Å². The van der Waals surface area contributed by atoms with E-state index in [9.17, 15) is 0 Å². The van der Waals surface area contributed by atoms with Gasteiger partial charge in [0, 0.05) is 13.0 Å². The van der Waals surface area contributed by atoms with Crippen molar-refractivity contribution in [3.05, 3.63) is 29.8 Å². The lowest BCUT2D eigenvalue weighted by Gasteiger charge is -2.33. The molecule has 0 saturated heterocycles. The van der Waals surface area contributed by atoms with Gasteiger partial charge in [0.1, 0.15) is 5.75 Å². The molecule has 0 N–H and O–H groups in total. The van der Waals surface area contributed by atoms with Crippen molar-refractivity contribution in [2.45, 2.75) is 67.1 Å². The maximum Gasteiger partial charge on any atom is 0.201 e. The molecule has 0 aliphatic heterocycles. The summed E-state index contributed by atoms with van der Waals surface area (Å²) < 4.78 is 11.3. The quantitative estimate of drug-likeness (QED) is 0.586. The molecule has 2 unspecified atom stereocenters. The van der Waals surface area contributed by atoms with Crippen molar-refractivity contribution in [1.82, 2.24) is 0 Å². The minimum absolute atomic E-state index is 0.195. The molecule has 0 fully saturated rings. The lowest BCUT2D eigenvalue weighted by molar-refractivity contribution is -0.0833. The molecule has 2 heteroatoms. The van der Waals surface area contributed by atoms with Gasteiger partial charge < -0.3 is 9.47 Å². The molecule has 0 saturated carbocycles. The Labute approximate surface area is 137 Å². The summed E-state index contributed by atoms with van der Waals surface area (Å²) in [6, 6.07) is 8.56. The Bertz CT molecular complexity index is 426. The van der Waals surface area contributed by atoms with E-state index >= 15 is 0 Å². The fourth-order valence-corrected chi connectivity index (χ4v) is 2.83. The van der Waals surface area contributed by atoms with Crippen LogP contribution in [0.25, 0.3) is 0 Å². The molecule has 126 valence electrons. The SMILES string of the molecule is COC(Oc1ccc(C(CC(C)C)C(C)(C)C)cc1)C(C)C. The molecule has 1 rings (SSSR count). The minimum atomic E-state index is -0.195. The Morgan fingerprint density at radius 2 is 1.50 bits per heavy atom. The fourth-order valence-electron chi connectivity index (χ4n) is 2.83. The Morgan fingerprint density at radius 3 is 1.86 bits per heavy atom. The van der Waals surface area contributed by atoms with Crippen molar-refractivity contribution in [1.29, 1.82) is 0 Å². The lowest BCUT2D eigenvalue weighted by Crippen LogP contribution is -2.25. The van der Waals surface area contributed by atoms with Gasteiger partial charge in [0.05, 0.1) is 0 Å². The van der Waals surface area contributed by atoms with Crippen LogP contribution in [-0.2, 0) is 4.74 Å². The highest BCUT2D eigenvalue weighted by Crippen LogP contribution is 2.40. The zero-order valence-corrected chi connectivity index (χ0v) is 15.6. The second kappa shape index (κ2) is 8.01. The fraction of sp³-hybridized carbons (Fsp3) is 0.700. The van der Waals surface area contributed by atoms with Crippen LogP contribution in [0.5, 0.6) is 5.75 Å². The third-order valence-electron chi connectivity index (χ3n) is 4.06. The van der Waals surface area contributed by atoms with Crippen LogP contribution in [0.1, 0.15) is 66.4 Å². The van der Waals surface area contributed by atoms with Gasteiger partial charge in [0.2, 0.25) is 6.29 Å². The van der Waals surface area contributed by atoms with Crippen molar-refractivity contribution in [3.8, 4) is 5.75 Å². The average molecular weight is 306 g/mol. The standard InChI is InChI=1S/C20H34O2/c1-14(2)13-18(20(5,6)7)16-9-11-17(12-10-16)22-19(21-8)15(3)4/h9-12,14-15,18-19H,13H2,1-8H3. The number of ether oxygens (including phenoxy) is 2. The van der Waals surface area contributed by atoms with E-state index in [1.165, 1.54) is 12.0 Å². The second-order valence-electron chi connectivity index (χ2n) is 8.08. The summed E-state index contributed by atoms with van der Waals surface area (Å²) in [6.07, 6.45) is 1.01. The van der Waals surface area contributed by atoms with Crippen LogP contribution < -0.4 is 4.74 Å². The molecule has 0 aliphatic carbocycles. The predicted octanol–water partition coefficient (Wildman–Crippen LogP) is 5.87. The summed E-state index contributed by atoms with van der Waals surface area (Å²) in [4.78, 5) is 0. The Kier molecular flexibility index (Phi) is 6.93. The summed E-state index contributed by atoms with van der Waals surface area (Å²) >= 11 is 0. The number of hydrogen-bond acceptors (Lipinski definition) is 2. The van der Waals surface area contributed by atoms with Gasteiger partial charge in [0.25, 0.3) is 0 Å². The summed E-state index contributed by atoms with van der Waals surface area (Å²) in [6.45, 7) is 15.8. The van der Waals surface area contributed by atoms with E-state index in [1.54, 1.807) is 7.11 Å². The molecule has 0 aliphatic rings. The predicted molar refractivity (Wildman–Crippen MR) is 94.4 cm³/mol. The average Bonchev–Trinajstić information content (AvgIpc) is 2.41. The normalized spacial score (nSPS) is 15.2. The lowest BCUT2D eigenvalue weighted by atomic mass is 9.72. The van der Waals surface area contributed by atoms with Crippen LogP contribution >= 0.6 is 0 Å². The first-order valence-electron chi connectivity index (χ1n) is 8.44. The highest BCUT2D eigenvalue weighted by Gasteiger charge is 2.27. The monoisotopic (exact) mass is 306 g/mol. The van der Waals surface area contributed by atoms with Crippen LogP contribution in [0, 0.1) is 17.3 Å². The second-order valence-corrected chi connectivity index (χ2v) is 8.08. The van der Waals surface area contributed by atoms with Gasteiger partial charge in [-0.05, 0) is 41.4 Å². The van der Waals surface area contributed by atoms with Crippen LogP contribution in [0.3, 0.4) is 0 Å². The molecule has 0 amide bonds. The van der Waals surface area contributed by atoms with Crippen LogP contribution in [0.2, 0.25) is 0 Å². The Hall–Kier alpha value is -1.02. The van der Waals surface area contributed by atoms with E-state index in [2.05, 4.69) is 72.7 Å². The molecular weight excluding hydrogens is 272 g/mol. The van der Waals surface area contributed by atoms with Gasteiger partial charge in [-0.1, -0.05) is 60.6 Å². The maximum atomic E-state index is 5.90. The van der Waals surface area contributed by atoms with Gasteiger partial charge in [-0.15, -0.1) is 0 Å². The first-order valence-corrected chi connectivity index (χ1v) is 8.44. The zero-order valence-electron chi connectivity index (χ0n) is 15.6. The van der Waals surface area contributed by atoms with Crippen molar-refractivity contribution in [2.75, 3.05) is 7.11 Å². The van der Waals surface area contributed by atoms with E-state index in [1.807, 2.05) is 0 Å². The van der Waals surface area contributed by atoms with Gasteiger partial charge in [-0.25, -0.2) is 0 Å². The van der Waals surface area contributed by atoms with Crippen molar-refractivity contribution in [2.24, 2.45) is 17.3 Å². The number of benzene rings is 1. The summed E-state index contributed by atoms with van der Waals surface area (Å²) in [7, 11) is 1.69. The first-order chi connectivity index (χ1) is 10.1. The van der Waals surface area contributed by atoms with Gasteiger partial charge in [-0.3, -0.25) is 0 Å². The van der Waals surface area contributed by atoms with Crippen LogP contribution in [0.4, 0.5) is 0 Å². The van der Waals surface area contributed by atoms with Crippen molar-refractivity contribution < 1.29 is 9.47 Å². The molecule has 0 heterocycles. The number of hydrogen-bond donors (Lipinski definition) is 0. The van der Waals surface area contributed by atoms with Crippen molar-refractivity contribution in [3.63, 3.8) is 0 Å². The summed E-state index contributed by atoms with van der Waals surface area (Å²) in [5.74, 6) is 2.46. The third-order valence-corrected chi connectivity index (χ3v) is 4.06. The highest BCUT2D eigenvalue weighted by atomic mass is 16.7. The molecule has 0 bridgehead atoms. The van der Waals surface area contributed by atoms with Crippen LogP contribution in [0.15, 0.2) is 24.3 Å². The number of rotatable bonds is 7. The molecule has 1 aromatic rings. The maximum absolute atomic E-state index is 5.90. The van der Waals surface area contributed by atoms with Gasteiger partial charge in [0.15, 0.2) is 0 Å². The third kappa shape index (κ3) is 5.64. The molecular formula is C20H34O2. The summed E-state index contributed by atoms with van der Waals surface area (Å²) in [5, 5.41) is 0. The van der Waals surface area contributed by atoms with E-state index in [-0.39, 0.29) is 11.7 Å². The van der Waals surface area contributed by atoms with E-state index < -0.39 is 0 Å². The Balaban J connectivity index is 2.89.